The highest BCUT2D eigenvalue weighted by atomic mass is 19.2. The van der Waals surface area contributed by atoms with Crippen LogP contribution >= 0.6 is 0 Å². The summed E-state index contributed by atoms with van der Waals surface area (Å²) in [5.41, 5.74) is -1.22. The summed E-state index contributed by atoms with van der Waals surface area (Å²) in [6.07, 6.45) is 0. The zero-order valence-corrected chi connectivity index (χ0v) is 13.6. The van der Waals surface area contributed by atoms with E-state index >= 15 is 0 Å². The first kappa shape index (κ1) is 18.2. The van der Waals surface area contributed by atoms with E-state index < -0.39 is 46.2 Å². The summed E-state index contributed by atoms with van der Waals surface area (Å²) in [4.78, 5) is 34.6. The minimum atomic E-state index is -1.23. The second-order valence-electron chi connectivity index (χ2n) is 5.40. The van der Waals surface area contributed by atoms with Gasteiger partial charge in [0.2, 0.25) is 0 Å². The summed E-state index contributed by atoms with van der Waals surface area (Å²) in [5.74, 6) is -4.06. The number of hydrogen-bond donors (Lipinski definition) is 0. The number of Topliss-reactive ketones (excluding diaryl/α,β-unsaturated/α-hetero) is 1. The highest BCUT2D eigenvalue weighted by molar-refractivity contribution is 6.00. The molecule has 8 nitrogen and oxygen atoms in total. The number of nitro groups is 1. The number of esters is 1. The van der Waals surface area contributed by atoms with E-state index in [1.807, 2.05) is 0 Å². The van der Waals surface area contributed by atoms with Gasteiger partial charge in [-0.25, -0.2) is 13.6 Å². The number of ether oxygens (including phenoxy) is 3. The lowest BCUT2D eigenvalue weighted by molar-refractivity contribution is -0.385. The topological polar surface area (TPSA) is 105 Å². The molecule has 1 aliphatic heterocycles. The number of fused-ring (bicyclic) bond motifs is 1. The Bertz CT molecular complexity index is 945. The lowest BCUT2D eigenvalue weighted by atomic mass is 10.1. The van der Waals surface area contributed by atoms with Gasteiger partial charge in [0.25, 0.3) is 5.69 Å². The van der Waals surface area contributed by atoms with E-state index in [9.17, 15) is 28.5 Å². The molecule has 0 fully saturated rings. The van der Waals surface area contributed by atoms with E-state index in [4.69, 9.17) is 14.2 Å². The maximum Gasteiger partial charge on any atom is 0.345 e. The molecule has 10 heteroatoms. The molecule has 0 saturated heterocycles. The van der Waals surface area contributed by atoms with Crippen molar-refractivity contribution >= 4 is 17.4 Å². The average Bonchev–Trinajstić information content (AvgIpc) is 2.66. The van der Waals surface area contributed by atoms with Crippen LogP contribution in [0.15, 0.2) is 30.3 Å². The first-order valence-electron chi connectivity index (χ1n) is 7.60. The Morgan fingerprint density at radius 1 is 1.07 bits per heavy atom. The van der Waals surface area contributed by atoms with Gasteiger partial charge in [-0.3, -0.25) is 14.9 Å². The Labute approximate surface area is 150 Å². The largest absolute Gasteiger partial charge is 0.486 e. The Hall–Kier alpha value is -3.56. The molecule has 27 heavy (non-hydrogen) atoms. The van der Waals surface area contributed by atoms with E-state index in [-0.39, 0.29) is 30.3 Å². The van der Waals surface area contributed by atoms with Crippen LogP contribution in [0.2, 0.25) is 0 Å². The number of benzene rings is 2. The minimum Gasteiger partial charge on any atom is -0.486 e. The molecule has 140 valence electrons. The molecule has 0 atom stereocenters. The molecular formula is C17H11F2NO7. The molecular weight excluding hydrogens is 368 g/mol. The van der Waals surface area contributed by atoms with Crippen LogP contribution in [0.1, 0.15) is 20.7 Å². The molecule has 2 aromatic carbocycles. The zero-order valence-electron chi connectivity index (χ0n) is 13.6. The van der Waals surface area contributed by atoms with Gasteiger partial charge >= 0.3 is 5.97 Å². The summed E-state index contributed by atoms with van der Waals surface area (Å²) in [6, 6.07) is 4.58. The van der Waals surface area contributed by atoms with Crippen LogP contribution in [0, 0.1) is 21.7 Å². The van der Waals surface area contributed by atoms with Gasteiger partial charge in [0.05, 0.1) is 11.0 Å². The maximum absolute atomic E-state index is 13.2. The lowest BCUT2D eigenvalue weighted by Gasteiger charge is -2.18. The summed E-state index contributed by atoms with van der Waals surface area (Å²) >= 11 is 0. The number of nitro benzene ring substituents is 1. The third-order valence-electron chi connectivity index (χ3n) is 3.65. The average molecular weight is 379 g/mol. The molecule has 0 spiro atoms. The normalized spacial score (nSPS) is 12.4. The van der Waals surface area contributed by atoms with Crippen molar-refractivity contribution in [3.05, 3.63) is 63.2 Å². The number of rotatable bonds is 5. The van der Waals surface area contributed by atoms with Gasteiger partial charge in [-0.05, 0) is 18.2 Å². The fourth-order valence-electron chi connectivity index (χ4n) is 2.35. The Morgan fingerprint density at radius 2 is 1.74 bits per heavy atom. The van der Waals surface area contributed by atoms with Crippen molar-refractivity contribution in [2.45, 2.75) is 0 Å². The van der Waals surface area contributed by atoms with E-state index in [1.54, 1.807) is 0 Å². The predicted molar refractivity (Wildman–Crippen MR) is 85.1 cm³/mol. The Morgan fingerprint density at radius 3 is 2.37 bits per heavy atom. The van der Waals surface area contributed by atoms with Gasteiger partial charge < -0.3 is 14.2 Å². The second kappa shape index (κ2) is 7.36. The molecule has 0 N–H and O–H groups in total. The molecule has 3 rings (SSSR count). The van der Waals surface area contributed by atoms with Crippen molar-refractivity contribution < 1.29 is 37.5 Å². The van der Waals surface area contributed by atoms with E-state index in [1.165, 1.54) is 0 Å². The number of ketones is 1. The lowest BCUT2D eigenvalue weighted by Crippen LogP contribution is -2.18. The molecule has 0 aliphatic carbocycles. The second-order valence-corrected chi connectivity index (χ2v) is 5.40. The van der Waals surface area contributed by atoms with Crippen molar-refractivity contribution in [3.63, 3.8) is 0 Å². The summed E-state index contributed by atoms with van der Waals surface area (Å²) < 4.78 is 41.4. The van der Waals surface area contributed by atoms with Crippen LogP contribution in [0.25, 0.3) is 0 Å². The van der Waals surface area contributed by atoms with Crippen molar-refractivity contribution in [2.75, 3.05) is 19.8 Å². The van der Waals surface area contributed by atoms with Gasteiger partial charge in [-0.15, -0.1) is 0 Å². The molecule has 2 aromatic rings. The van der Waals surface area contributed by atoms with Crippen molar-refractivity contribution in [1.82, 2.24) is 0 Å². The summed E-state index contributed by atoms with van der Waals surface area (Å²) in [6.45, 7) is -0.403. The maximum atomic E-state index is 13.2. The van der Waals surface area contributed by atoms with Crippen molar-refractivity contribution in [3.8, 4) is 11.5 Å². The monoisotopic (exact) mass is 379 g/mol. The number of halogens is 2. The molecule has 1 aliphatic rings. The number of nitrogens with zero attached hydrogens (tertiary/aromatic N) is 1. The van der Waals surface area contributed by atoms with Crippen LogP contribution in [0.3, 0.4) is 0 Å². The standard InChI is InChI=1S/C17H11F2NO7/c18-11-2-1-9(5-12(11)19)14(21)8-27-17(22)10-6-15-16(26-4-3-25-15)7-13(10)20(23)24/h1-2,5-7H,3-4,8H2. The van der Waals surface area contributed by atoms with Crippen LogP contribution in [-0.2, 0) is 4.74 Å². The quantitative estimate of drug-likeness (QED) is 0.340. The number of hydrogen-bond acceptors (Lipinski definition) is 7. The fraction of sp³-hybridized carbons (Fsp3) is 0.176. The molecule has 0 radical (unpaired) electrons. The van der Waals surface area contributed by atoms with E-state index in [2.05, 4.69) is 0 Å². The Kier molecular flexibility index (Phi) is 4.97. The number of carbonyl (C=O) groups is 2. The zero-order chi connectivity index (χ0) is 19.6. The Balaban J connectivity index is 1.78. The van der Waals surface area contributed by atoms with E-state index in [0.717, 1.165) is 24.3 Å². The van der Waals surface area contributed by atoms with Gasteiger partial charge in [0.1, 0.15) is 18.8 Å². The van der Waals surface area contributed by atoms with Gasteiger partial charge in [0, 0.05) is 11.6 Å². The molecule has 0 bridgehead atoms. The van der Waals surface area contributed by atoms with Crippen LogP contribution in [0.5, 0.6) is 11.5 Å². The van der Waals surface area contributed by atoms with Crippen LogP contribution < -0.4 is 9.47 Å². The highest BCUT2D eigenvalue weighted by Gasteiger charge is 2.28. The molecule has 0 aromatic heterocycles. The fourth-order valence-corrected chi connectivity index (χ4v) is 2.35. The smallest absolute Gasteiger partial charge is 0.345 e. The first-order valence-corrected chi connectivity index (χ1v) is 7.60. The molecule has 0 saturated carbocycles. The van der Waals surface area contributed by atoms with Crippen molar-refractivity contribution in [1.29, 1.82) is 0 Å². The van der Waals surface area contributed by atoms with Crippen LogP contribution in [-0.4, -0.2) is 36.5 Å². The van der Waals surface area contributed by atoms with Gasteiger partial charge in [-0.1, -0.05) is 0 Å². The minimum absolute atomic E-state index is 0.113. The first-order chi connectivity index (χ1) is 12.9. The predicted octanol–water partition coefficient (Wildman–Crippen LogP) is 2.68. The SMILES string of the molecule is O=C(COC(=O)c1cc2c(cc1[N+](=O)[O-])OCCO2)c1ccc(F)c(F)c1. The summed E-state index contributed by atoms with van der Waals surface area (Å²) in [7, 11) is 0. The molecule has 1 heterocycles. The molecule has 0 amide bonds. The summed E-state index contributed by atoms with van der Waals surface area (Å²) in [5, 5.41) is 11.2. The molecule has 0 unspecified atom stereocenters. The number of carbonyl (C=O) groups excluding carboxylic acids is 2. The third kappa shape index (κ3) is 3.84. The van der Waals surface area contributed by atoms with Gasteiger partial charge in [0.15, 0.2) is 35.5 Å². The van der Waals surface area contributed by atoms with Crippen molar-refractivity contribution in [2.24, 2.45) is 0 Å². The third-order valence-corrected chi connectivity index (χ3v) is 3.65. The van der Waals surface area contributed by atoms with E-state index in [0.29, 0.717) is 6.07 Å². The van der Waals surface area contributed by atoms with Gasteiger partial charge in [-0.2, -0.15) is 0 Å². The highest BCUT2D eigenvalue weighted by Crippen LogP contribution is 2.36. The van der Waals surface area contributed by atoms with Crippen LogP contribution in [0.4, 0.5) is 14.5 Å².